The van der Waals surface area contributed by atoms with Crippen molar-refractivity contribution in [2.24, 2.45) is 0 Å². The monoisotopic (exact) mass is 417 g/mol. The summed E-state index contributed by atoms with van der Waals surface area (Å²) in [5, 5.41) is 1.14. The van der Waals surface area contributed by atoms with Gasteiger partial charge in [-0.25, -0.2) is 15.0 Å². The summed E-state index contributed by atoms with van der Waals surface area (Å²) in [5.74, 6) is 0. The zero-order valence-corrected chi connectivity index (χ0v) is 17.3. The number of aryl methyl sites for hydroxylation is 1. The van der Waals surface area contributed by atoms with E-state index in [-0.39, 0.29) is 5.56 Å². The molecule has 5 rings (SSSR count). The lowest BCUT2D eigenvalue weighted by molar-refractivity contribution is 0.584. The molecule has 0 aliphatic rings. The molecule has 3 heterocycles. The van der Waals surface area contributed by atoms with Crippen LogP contribution in [0.5, 0.6) is 0 Å². The third kappa shape index (κ3) is 3.04. The van der Waals surface area contributed by atoms with E-state index < -0.39 is 0 Å². The van der Waals surface area contributed by atoms with Gasteiger partial charge in [-0.2, -0.15) is 0 Å². The second kappa shape index (κ2) is 7.54. The number of halogens is 1. The number of hydrogen-bond acceptors (Lipinski definition) is 4. The topological polar surface area (TPSA) is 65.6 Å². The lowest BCUT2D eigenvalue weighted by Crippen LogP contribution is -2.20. The molecule has 0 atom stereocenters. The first-order chi connectivity index (χ1) is 14.7. The Bertz CT molecular complexity index is 1440. The Kier molecular flexibility index (Phi) is 4.71. The first kappa shape index (κ1) is 18.8. The Morgan fingerprint density at radius 1 is 0.933 bits per heavy atom. The van der Waals surface area contributed by atoms with Crippen LogP contribution in [0, 0.1) is 0 Å². The SMILES string of the molecule is CCCCCn1cnc2c(c1=O)c1nc3ccccc3nc1n2-c1ccc(Cl)cc1. The molecule has 0 fully saturated rings. The van der Waals surface area contributed by atoms with Crippen LogP contribution in [0.2, 0.25) is 5.02 Å². The van der Waals surface area contributed by atoms with Crippen molar-refractivity contribution < 1.29 is 0 Å². The summed E-state index contributed by atoms with van der Waals surface area (Å²) in [6.45, 7) is 2.79. The highest BCUT2D eigenvalue weighted by Gasteiger charge is 2.20. The number of aromatic nitrogens is 5. The van der Waals surface area contributed by atoms with Gasteiger partial charge in [-0.1, -0.05) is 43.5 Å². The van der Waals surface area contributed by atoms with Gasteiger partial charge in [0.25, 0.3) is 5.56 Å². The van der Waals surface area contributed by atoms with E-state index in [1.165, 1.54) is 0 Å². The third-order valence-corrected chi connectivity index (χ3v) is 5.57. The Morgan fingerprint density at radius 2 is 1.67 bits per heavy atom. The molecule has 150 valence electrons. The Balaban J connectivity index is 1.86. The predicted molar refractivity (Wildman–Crippen MR) is 120 cm³/mol. The maximum atomic E-state index is 13.4. The van der Waals surface area contributed by atoms with Gasteiger partial charge >= 0.3 is 0 Å². The first-order valence-corrected chi connectivity index (χ1v) is 10.5. The minimum absolute atomic E-state index is 0.0848. The van der Waals surface area contributed by atoms with Crippen LogP contribution in [0.15, 0.2) is 59.7 Å². The van der Waals surface area contributed by atoms with E-state index in [9.17, 15) is 4.79 Å². The predicted octanol–water partition coefficient (Wildman–Crippen LogP) is 5.13. The summed E-state index contributed by atoms with van der Waals surface area (Å²) in [7, 11) is 0. The average molecular weight is 418 g/mol. The van der Waals surface area contributed by atoms with Crippen LogP contribution in [-0.4, -0.2) is 24.1 Å². The minimum atomic E-state index is -0.0848. The molecule has 0 radical (unpaired) electrons. The van der Waals surface area contributed by atoms with Gasteiger partial charge in [-0.05, 0) is 42.8 Å². The van der Waals surface area contributed by atoms with E-state index in [4.69, 9.17) is 21.6 Å². The first-order valence-electron chi connectivity index (χ1n) is 10.1. The molecule has 6 nitrogen and oxygen atoms in total. The van der Waals surface area contributed by atoms with E-state index in [0.29, 0.717) is 33.8 Å². The second-order valence-electron chi connectivity index (χ2n) is 7.35. The second-order valence-corrected chi connectivity index (χ2v) is 7.78. The van der Waals surface area contributed by atoms with Gasteiger partial charge in [0.2, 0.25) is 0 Å². The molecule has 0 aliphatic carbocycles. The Labute approximate surface area is 177 Å². The fraction of sp³-hybridized carbons (Fsp3) is 0.217. The van der Waals surface area contributed by atoms with Gasteiger partial charge < -0.3 is 0 Å². The zero-order valence-electron chi connectivity index (χ0n) is 16.5. The highest BCUT2D eigenvalue weighted by Crippen LogP contribution is 2.28. The fourth-order valence-corrected chi connectivity index (χ4v) is 3.92. The molecule has 0 amide bonds. The van der Waals surface area contributed by atoms with Crippen molar-refractivity contribution in [2.45, 2.75) is 32.7 Å². The van der Waals surface area contributed by atoms with Crippen molar-refractivity contribution in [3.8, 4) is 5.69 Å². The highest BCUT2D eigenvalue weighted by atomic mass is 35.5. The molecule has 0 aliphatic heterocycles. The fourth-order valence-electron chi connectivity index (χ4n) is 3.80. The molecule has 0 saturated carbocycles. The van der Waals surface area contributed by atoms with Crippen molar-refractivity contribution in [2.75, 3.05) is 0 Å². The molecule has 7 heteroatoms. The quantitative estimate of drug-likeness (QED) is 0.372. The van der Waals surface area contributed by atoms with Crippen LogP contribution < -0.4 is 5.56 Å². The number of para-hydroxylation sites is 2. The summed E-state index contributed by atoms with van der Waals surface area (Å²) in [6, 6.07) is 15.1. The van der Waals surface area contributed by atoms with Gasteiger partial charge in [-0.15, -0.1) is 0 Å². The summed E-state index contributed by atoms with van der Waals surface area (Å²) >= 11 is 6.09. The number of fused-ring (bicyclic) bond motifs is 4. The molecule has 5 aromatic rings. The molecule has 0 spiro atoms. The number of nitrogens with zero attached hydrogens (tertiary/aromatic N) is 5. The molecular formula is C23H20ClN5O. The highest BCUT2D eigenvalue weighted by molar-refractivity contribution is 6.30. The number of rotatable bonds is 5. The smallest absolute Gasteiger partial charge is 0.265 e. The maximum Gasteiger partial charge on any atom is 0.265 e. The van der Waals surface area contributed by atoms with Crippen LogP contribution in [0.1, 0.15) is 26.2 Å². The van der Waals surface area contributed by atoms with Gasteiger partial charge in [-0.3, -0.25) is 13.9 Å². The maximum absolute atomic E-state index is 13.4. The van der Waals surface area contributed by atoms with Crippen molar-refractivity contribution >= 4 is 44.8 Å². The lowest BCUT2D eigenvalue weighted by atomic mass is 10.2. The molecule has 0 N–H and O–H groups in total. The number of unbranched alkanes of at least 4 members (excludes halogenated alkanes) is 2. The van der Waals surface area contributed by atoms with E-state index >= 15 is 0 Å². The molecule has 0 saturated heterocycles. The minimum Gasteiger partial charge on any atom is -0.299 e. The van der Waals surface area contributed by atoms with Gasteiger partial charge in [0.15, 0.2) is 11.3 Å². The average Bonchev–Trinajstić information content (AvgIpc) is 3.08. The Hall–Kier alpha value is -3.25. The van der Waals surface area contributed by atoms with E-state index in [2.05, 4.69) is 11.9 Å². The Morgan fingerprint density at radius 3 is 2.40 bits per heavy atom. The van der Waals surface area contributed by atoms with Crippen LogP contribution >= 0.6 is 11.6 Å². The van der Waals surface area contributed by atoms with Crippen LogP contribution in [0.3, 0.4) is 0 Å². The van der Waals surface area contributed by atoms with Crippen molar-refractivity contribution in [3.63, 3.8) is 0 Å². The van der Waals surface area contributed by atoms with Crippen molar-refractivity contribution in [3.05, 3.63) is 70.2 Å². The van der Waals surface area contributed by atoms with Gasteiger partial charge in [0.1, 0.15) is 10.9 Å². The third-order valence-electron chi connectivity index (χ3n) is 5.32. The van der Waals surface area contributed by atoms with E-state index in [0.717, 1.165) is 36.0 Å². The zero-order chi connectivity index (χ0) is 20.7. The normalized spacial score (nSPS) is 11.7. The van der Waals surface area contributed by atoms with E-state index in [1.807, 2.05) is 53.1 Å². The van der Waals surface area contributed by atoms with Crippen molar-refractivity contribution in [1.82, 2.24) is 24.1 Å². The molecule has 3 aromatic heterocycles. The van der Waals surface area contributed by atoms with Crippen LogP contribution in [0.25, 0.3) is 38.9 Å². The summed E-state index contributed by atoms with van der Waals surface area (Å²) in [6.07, 6.45) is 4.73. The molecule has 0 unspecified atom stereocenters. The largest absolute Gasteiger partial charge is 0.299 e. The van der Waals surface area contributed by atoms with Gasteiger partial charge in [0.05, 0.1) is 17.4 Å². The molecular weight excluding hydrogens is 398 g/mol. The summed E-state index contributed by atoms with van der Waals surface area (Å²) in [4.78, 5) is 27.7. The van der Waals surface area contributed by atoms with Crippen LogP contribution in [-0.2, 0) is 6.54 Å². The lowest BCUT2D eigenvalue weighted by Gasteiger charge is -2.07. The number of hydrogen-bond donors (Lipinski definition) is 0. The number of benzene rings is 2. The van der Waals surface area contributed by atoms with Crippen molar-refractivity contribution in [1.29, 1.82) is 0 Å². The molecule has 0 bridgehead atoms. The molecule has 2 aromatic carbocycles. The van der Waals surface area contributed by atoms with Crippen LogP contribution in [0.4, 0.5) is 0 Å². The van der Waals surface area contributed by atoms with Gasteiger partial charge in [0, 0.05) is 17.3 Å². The standard InChI is InChI=1S/C23H20ClN5O/c1-2-3-6-13-28-14-25-21-19(23(28)30)20-22(27-18-8-5-4-7-17(18)26-20)29(21)16-11-9-15(24)10-12-16/h4-5,7-12,14H,2-3,6,13H2,1H3. The summed E-state index contributed by atoms with van der Waals surface area (Å²) < 4.78 is 3.57. The van der Waals surface area contributed by atoms with E-state index in [1.54, 1.807) is 10.9 Å². The molecule has 30 heavy (non-hydrogen) atoms. The summed E-state index contributed by atoms with van der Waals surface area (Å²) in [5.41, 5.74) is 4.01.